The molecule has 7 nitrogen and oxygen atoms in total. The number of hydrogen-bond donors (Lipinski definition) is 1. The molecule has 0 fully saturated rings. The van der Waals surface area contributed by atoms with Crippen molar-refractivity contribution in [1.29, 1.82) is 0 Å². The van der Waals surface area contributed by atoms with E-state index in [2.05, 4.69) is 14.8 Å². The second-order valence-electron chi connectivity index (χ2n) is 5.84. The van der Waals surface area contributed by atoms with E-state index in [-0.39, 0.29) is 17.1 Å². The van der Waals surface area contributed by atoms with Crippen molar-refractivity contribution in [2.45, 2.75) is 12.3 Å². The van der Waals surface area contributed by atoms with Crippen molar-refractivity contribution in [1.82, 2.24) is 14.8 Å². The number of carboxylic acids is 1. The van der Waals surface area contributed by atoms with Gasteiger partial charge in [0.25, 0.3) is 0 Å². The van der Waals surface area contributed by atoms with Crippen LogP contribution in [0.25, 0.3) is 17.1 Å². The van der Waals surface area contributed by atoms with Crippen molar-refractivity contribution in [3.63, 3.8) is 0 Å². The van der Waals surface area contributed by atoms with Crippen LogP contribution in [0.15, 0.2) is 48.8 Å². The first-order valence-corrected chi connectivity index (χ1v) is 8.09. The fraction of sp³-hybridized carbons (Fsp3) is 0.167. The van der Waals surface area contributed by atoms with Crippen molar-refractivity contribution in [3.8, 4) is 28.6 Å². The third kappa shape index (κ3) is 4.16. The largest absolute Gasteiger partial charge is 0.499 e. The fourth-order valence-corrected chi connectivity index (χ4v) is 2.40. The Morgan fingerprint density at radius 1 is 1.07 bits per heavy atom. The van der Waals surface area contributed by atoms with Crippen molar-refractivity contribution >= 4 is 5.97 Å². The molecule has 0 radical (unpaired) electrons. The van der Waals surface area contributed by atoms with Gasteiger partial charge in [0.15, 0.2) is 5.82 Å². The molecule has 3 rings (SSSR count). The van der Waals surface area contributed by atoms with Gasteiger partial charge in [-0.15, -0.1) is 5.10 Å². The lowest BCUT2D eigenvalue weighted by Crippen LogP contribution is -2.41. The number of ether oxygens (including phenoxy) is 2. The van der Waals surface area contributed by atoms with Crippen LogP contribution < -0.4 is 9.47 Å². The zero-order chi connectivity index (χ0) is 22.1. The molecule has 30 heavy (non-hydrogen) atoms. The standard InChI is InChI=1S/C18H12F5N3O4/c1-29-14-8-10(2-7-13(14)16(27)28)15-24-9-26(25-15)11-3-5-12(6-4-11)30-18(22,23)17(19,20)21/h2-9H,1H3,(H,27,28). The van der Waals surface area contributed by atoms with E-state index in [1.807, 2.05) is 0 Å². The van der Waals surface area contributed by atoms with Crippen LogP contribution in [0.2, 0.25) is 0 Å². The first-order valence-electron chi connectivity index (χ1n) is 8.09. The minimum Gasteiger partial charge on any atom is -0.496 e. The highest BCUT2D eigenvalue weighted by molar-refractivity contribution is 5.91. The van der Waals surface area contributed by atoms with Crippen LogP contribution in [0.1, 0.15) is 10.4 Å². The average molecular weight is 429 g/mol. The minimum atomic E-state index is -5.84. The van der Waals surface area contributed by atoms with Gasteiger partial charge in [0.05, 0.1) is 12.8 Å². The molecule has 0 amide bonds. The number of benzene rings is 2. The van der Waals surface area contributed by atoms with Gasteiger partial charge in [0.2, 0.25) is 0 Å². The van der Waals surface area contributed by atoms with Gasteiger partial charge in [-0.3, -0.25) is 0 Å². The molecule has 1 heterocycles. The van der Waals surface area contributed by atoms with E-state index in [4.69, 9.17) is 9.84 Å². The highest BCUT2D eigenvalue weighted by Gasteiger charge is 2.61. The topological polar surface area (TPSA) is 86.5 Å². The predicted octanol–water partition coefficient (Wildman–Crippen LogP) is 4.18. The second-order valence-corrected chi connectivity index (χ2v) is 5.84. The highest BCUT2D eigenvalue weighted by Crippen LogP contribution is 2.37. The van der Waals surface area contributed by atoms with E-state index in [9.17, 15) is 26.7 Å². The molecule has 158 valence electrons. The summed E-state index contributed by atoms with van der Waals surface area (Å²) in [7, 11) is 1.31. The summed E-state index contributed by atoms with van der Waals surface area (Å²) in [6, 6.07) is 8.52. The highest BCUT2D eigenvalue weighted by atomic mass is 19.4. The molecule has 0 spiro atoms. The number of rotatable bonds is 6. The zero-order valence-corrected chi connectivity index (χ0v) is 15.0. The fourth-order valence-electron chi connectivity index (χ4n) is 2.40. The predicted molar refractivity (Wildman–Crippen MR) is 91.9 cm³/mol. The van der Waals surface area contributed by atoms with E-state index >= 15 is 0 Å². The van der Waals surface area contributed by atoms with Crippen LogP contribution in [0.3, 0.4) is 0 Å². The van der Waals surface area contributed by atoms with Crippen molar-refractivity contribution < 1.29 is 41.3 Å². The number of methoxy groups -OCH3 is 1. The molecular formula is C18H12F5N3O4. The monoisotopic (exact) mass is 429 g/mol. The Kier molecular flexibility index (Phi) is 5.33. The Balaban J connectivity index is 1.82. The lowest BCUT2D eigenvalue weighted by molar-refractivity contribution is -0.360. The van der Waals surface area contributed by atoms with E-state index < -0.39 is 24.0 Å². The summed E-state index contributed by atoms with van der Waals surface area (Å²) in [5.41, 5.74) is 0.706. The van der Waals surface area contributed by atoms with Crippen molar-refractivity contribution in [2.75, 3.05) is 7.11 Å². The lowest BCUT2D eigenvalue weighted by Gasteiger charge is -2.20. The zero-order valence-electron chi connectivity index (χ0n) is 15.0. The van der Waals surface area contributed by atoms with Gasteiger partial charge in [0, 0.05) is 5.56 Å². The summed E-state index contributed by atoms with van der Waals surface area (Å²) >= 11 is 0. The van der Waals surface area contributed by atoms with E-state index in [1.54, 1.807) is 0 Å². The molecule has 0 bridgehead atoms. The van der Waals surface area contributed by atoms with Gasteiger partial charge in [0.1, 0.15) is 23.4 Å². The van der Waals surface area contributed by atoms with Gasteiger partial charge in [-0.1, -0.05) is 0 Å². The number of carbonyl (C=O) groups is 1. The summed E-state index contributed by atoms with van der Waals surface area (Å²) in [5.74, 6) is -1.55. The number of carboxylic acid groups (broad SMARTS) is 1. The third-order valence-corrected chi connectivity index (χ3v) is 3.86. The maximum absolute atomic E-state index is 12.9. The molecule has 0 saturated carbocycles. The first-order chi connectivity index (χ1) is 14.0. The summed E-state index contributed by atoms with van der Waals surface area (Å²) in [6.07, 6.45) is -9.88. The molecule has 0 aliphatic rings. The Morgan fingerprint density at radius 2 is 1.73 bits per heavy atom. The number of aromatic carboxylic acids is 1. The van der Waals surface area contributed by atoms with E-state index in [1.165, 1.54) is 48.5 Å². The number of aromatic nitrogens is 3. The van der Waals surface area contributed by atoms with Gasteiger partial charge >= 0.3 is 18.3 Å². The van der Waals surface area contributed by atoms with Gasteiger partial charge in [-0.25, -0.2) is 14.5 Å². The van der Waals surface area contributed by atoms with Crippen LogP contribution in [-0.4, -0.2) is 45.2 Å². The summed E-state index contributed by atoms with van der Waals surface area (Å²) in [6.45, 7) is 0. The summed E-state index contributed by atoms with van der Waals surface area (Å²) in [5, 5.41) is 13.3. The van der Waals surface area contributed by atoms with Gasteiger partial charge < -0.3 is 14.6 Å². The number of hydrogen-bond acceptors (Lipinski definition) is 5. The summed E-state index contributed by atoms with van der Waals surface area (Å²) < 4.78 is 72.5. The van der Waals surface area contributed by atoms with Crippen molar-refractivity contribution in [2.24, 2.45) is 0 Å². The summed E-state index contributed by atoms with van der Waals surface area (Å²) in [4.78, 5) is 15.2. The minimum absolute atomic E-state index is 0.0491. The van der Waals surface area contributed by atoms with Crippen molar-refractivity contribution in [3.05, 3.63) is 54.4 Å². The van der Waals surface area contributed by atoms with Crippen LogP contribution >= 0.6 is 0 Å². The first kappa shape index (κ1) is 21.0. The molecule has 1 aromatic heterocycles. The van der Waals surface area contributed by atoms with E-state index in [0.29, 0.717) is 11.3 Å². The molecule has 2 aromatic carbocycles. The second kappa shape index (κ2) is 7.61. The van der Waals surface area contributed by atoms with Crippen LogP contribution in [-0.2, 0) is 0 Å². The van der Waals surface area contributed by atoms with Gasteiger partial charge in [-0.05, 0) is 42.5 Å². The maximum Gasteiger partial charge on any atom is 0.499 e. The molecule has 0 saturated heterocycles. The molecule has 1 N–H and O–H groups in total. The maximum atomic E-state index is 12.9. The van der Waals surface area contributed by atoms with Crippen LogP contribution in [0.5, 0.6) is 11.5 Å². The van der Waals surface area contributed by atoms with E-state index in [0.717, 1.165) is 12.1 Å². The quantitative estimate of drug-likeness (QED) is 0.592. The number of nitrogens with zero attached hydrogens (tertiary/aromatic N) is 3. The van der Waals surface area contributed by atoms with Crippen LogP contribution in [0, 0.1) is 0 Å². The van der Waals surface area contributed by atoms with Crippen LogP contribution in [0.4, 0.5) is 22.0 Å². The Hall–Kier alpha value is -3.70. The molecule has 0 atom stereocenters. The lowest BCUT2D eigenvalue weighted by atomic mass is 10.1. The molecule has 0 aliphatic heterocycles. The number of alkyl halides is 5. The molecular weight excluding hydrogens is 417 g/mol. The Labute approximate surface area is 165 Å². The molecule has 3 aromatic rings. The molecule has 12 heteroatoms. The third-order valence-electron chi connectivity index (χ3n) is 3.86. The normalized spacial score (nSPS) is 11.9. The Morgan fingerprint density at radius 3 is 2.30 bits per heavy atom. The average Bonchev–Trinajstić information content (AvgIpc) is 3.17. The SMILES string of the molecule is COc1cc(-c2ncn(-c3ccc(OC(F)(F)C(F)(F)F)cc3)n2)ccc1C(=O)O. The number of halogens is 5. The smallest absolute Gasteiger partial charge is 0.496 e. The molecule has 0 unspecified atom stereocenters. The van der Waals surface area contributed by atoms with Gasteiger partial charge in [-0.2, -0.15) is 22.0 Å². The molecule has 0 aliphatic carbocycles. The Bertz CT molecular complexity index is 1060.